The standard InChI is InChI=1S/C12H18BrNS/c1-9-3-2-4-11(5-9)14-7-12-6-10(13)8-15-12/h6,8-9,11,14H,2-5,7H2,1H3/t9-,11-/m0/s1. The lowest BCUT2D eigenvalue weighted by Gasteiger charge is -2.27. The molecule has 2 rings (SSSR count). The highest BCUT2D eigenvalue weighted by Crippen LogP contribution is 2.24. The van der Waals surface area contributed by atoms with Crippen LogP contribution >= 0.6 is 27.3 Å². The first kappa shape index (κ1) is 11.6. The summed E-state index contributed by atoms with van der Waals surface area (Å²) in [5, 5.41) is 5.82. The van der Waals surface area contributed by atoms with Gasteiger partial charge in [-0.1, -0.05) is 19.8 Å². The Balaban J connectivity index is 1.77. The Morgan fingerprint density at radius 2 is 2.40 bits per heavy atom. The third kappa shape index (κ3) is 3.58. The summed E-state index contributed by atoms with van der Waals surface area (Å²) in [6, 6.07) is 2.96. The monoisotopic (exact) mass is 287 g/mol. The topological polar surface area (TPSA) is 12.0 Å². The molecule has 84 valence electrons. The van der Waals surface area contributed by atoms with E-state index in [1.807, 2.05) is 11.3 Å². The quantitative estimate of drug-likeness (QED) is 0.880. The van der Waals surface area contributed by atoms with Gasteiger partial charge in [-0.3, -0.25) is 0 Å². The van der Waals surface area contributed by atoms with E-state index in [1.54, 1.807) is 0 Å². The minimum absolute atomic E-state index is 0.745. The van der Waals surface area contributed by atoms with Gasteiger partial charge in [0.05, 0.1) is 0 Å². The molecule has 1 aliphatic carbocycles. The highest BCUT2D eigenvalue weighted by Gasteiger charge is 2.18. The molecule has 1 nitrogen and oxygen atoms in total. The fraction of sp³-hybridized carbons (Fsp3) is 0.667. The Labute approximate surface area is 104 Å². The second-order valence-electron chi connectivity index (χ2n) is 4.58. The van der Waals surface area contributed by atoms with Crippen molar-refractivity contribution in [1.82, 2.24) is 5.32 Å². The zero-order valence-electron chi connectivity index (χ0n) is 9.13. The van der Waals surface area contributed by atoms with Crippen molar-refractivity contribution in [2.24, 2.45) is 5.92 Å². The average Bonchev–Trinajstić information content (AvgIpc) is 2.62. The first-order valence-corrected chi connectivity index (χ1v) is 7.37. The number of thiophene rings is 1. The molecule has 1 fully saturated rings. The fourth-order valence-corrected chi connectivity index (χ4v) is 3.71. The van der Waals surface area contributed by atoms with Crippen LogP contribution in [0, 0.1) is 5.92 Å². The van der Waals surface area contributed by atoms with E-state index in [1.165, 1.54) is 35.0 Å². The lowest BCUT2D eigenvalue weighted by Crippen LogP contribution is -2.32. The molecule has 0 unspecified atom stereocenters. The molecule has 3 heteroatoms. The summed E-state index contributed by atoms with van der Waals surface area (Å²) in [5.74, 6) is 0.909. The van der Waals surface area contributed by atoms with Crippen LogP contribution in [0.15, 0.2) is 15.9 Å². The summed E-state index contributed by atoms with van der Waals surface area (Å²) in [4.78, 5) is 1.43. The zero-order chi connectivity index (χ0) is 10.7. The summed E-state index contributed by atoms with van der Waals surface area (Å²) in [7, 11) is 0. The molecule has 0 spiro atoms. The van der Waals surface area contributed by atoms with Gasteiger partial charge in [-0.15, -0.1) is 11.3 Å². The Hall–Kier alpha value is 0.140. The van der Waals surface area contributed by atoms with Gasteiger partial charge in [0, 0.05) is 27.3 Å². The van der Waals surface area contributed by atoms with Crippen molar-refractivity contribution in [2.75, 3.05) is 0 Å². The summed E-state index contributed by atoms with van der Waals surface area (Å²) in [6.45, 7) is 3.41. The molecule has 1 N–H and O–H groups in total. The number of hydrogen-bond acceptors (Lipinski definition) is 2. The van der Waals surface area contributed by atoms with E-state index in [2.05, 4.69) is 39.6 Å². The molecule has 0 bridgehead atoms. The van der Waals surface area contributed by atoms with Crippen LogP contribution in [-0.4, -0.2) is 6.04 Å². The van der Waals surface area contributed by atoms with E-state index in [4.69, 9.17) is 0 Å². The van der Waals surface area contributed by atoms with Crippen molar-refractivity contribution >= 4 is 27.3 Å². The van der Waals surface area contributed by atoms with Crippen molar-refractivity contribution in [3.63, 3.8) is 0 Å². The van der Waals surface area contributed by atoms with Crippen LogP contribution in [-0.2, 0) is 6.54 Å². The van der Waals surface area contributed by atoms with Crippen molar-refractivity contribution < 1.29 is 0 Å². The highest BCUT2D eigenvalue weighted by molar-refractivity contribution is 9.10. The van der Waals surface area contributed by atoms with Crippen LogP contribution in [0.1, 0.15) is 37.5 Å². The van der Waals surface area contributed by atoms with Crippen molar-refractivity contribution in [1.29, 1.82) is 0 Å². The molecule has 15 heavy (non-hydrogen) atoms. The average molecular weight is 288 g/mol. The van der Waals surface area contributed by atoms with E-state index in [0.29, 0.717) is 0 Å². The van der Waals surface area contributed by atoms with E-state index >= 15 is 0 Å². The molecule has 1 aromatic rings. The lowest BCUT2D eigenvalue weighted by molar-refractivity contribution is 0.301. The van der Waals surface area contributed by atoms with Crippen LogP contribution in [0.5, 0.6) is 0 Å². The van der Waals surface area contributed by atoms with Gasteiger partial charge in [-0.25, -0.2) is 0 Å². The minimum atomic E-state index is 0.745. The van der Waals surface area contributed by atoms with Gasteiger partial charge in [0.2, 0.25) is 0 Å². The van der Waals surface area contributed by atoms with Crippen LogP contribution in [0.25, 0.3) is 0 Å². The van der Waals surface area contributed by atoms with Crippen LogP contribution in [0.2, 0.25) is 0 Å². The molecule has 0 amide bonds. The third-order valence-electron chi connectivity index (χ3n) is 3.12. The van der Waals surface area contributed by atoms with Crippen LogP contribution in [0.4, 0.5) is 0 Å². The third-order valence-corrected chi connectivity index (χ3v) is 4.82. The van der Waals surface area contributed by atoms with Gasteiger partial charge in [0.15, 0.2) is 0 Å². The van der Waals surface area contributed by atoms with E-state index in [0.717, 1.165) is 18.5 Å². The molecular formula is C12H18BrNS. The fourth-order valence-electron chi connectivity index (χ4n) is 2.31. The Morgan fingerprint density at radius 3 is 3.07 bits per heavy atom. The van der Waals surface area contributed by atoms with E-state index in [9.17, 15) is 0 Å². The maximum Gasteiger partial charge on any atom is 0.0302 e. The maximum atomic E-state index is 3.67. The van der Waals surface area contributed by atoms with Gasteiger partial charge in [-0.2, -0.15) is 0 Å². The van der Waals surface area contributed by atoms with Crippen molar-refractivity contribution in [2.45, 2.75) is 45.2 Å². The largest absolute Gasteiger partial charge is 0.309 e. The van der Waals surface area contributed by atoms with Crippen LogP contribution in [0.3, 0.4) is 0 Å². The number of nitrogens with one attached hydrogen (secondary N) is 1. The smallest absolute Gasteiger partial charge is 0.0302 e. The molecule has 0 saturated heterocycles. The molecule has 0 radical (unpaired) electrons. The predicted octanol–water partition coefficient (Wildman–Crippen LogP) is 4.18. The Morgan fingerprint density at radius 1 is 1.53 bits per heavy atom. The molecule has 0 aliphatic heterocycles. The van der Waals surface area contributed by atoms with E-state index in [-0.39, 0.29) is 0 Å². The summed E-state index contributed by atoms with van der Waals surface area (Å²) in [6.07, 6.45) is 5.53. The maximum absolute atomic E-state index is 3.67. The predicted molar refractivity (Wildman–Crippen MR) is 70.3 cm³/mol. The zero-order valence-corrected chi connectivity index (χ0v) is 11.5. The first-order valence-electron chi connectivity index (χ1n) is 5.70. The van der Waals surface area contributed by atoms with Gasteiger partial charge in [0.25, 0.3) is 0 Å². The molecule has 1 aliphatic rings. The number of hydrogen-bond donors (Lipinski definition) is 1. The SMILES string of the molecule is C[C@H]1CCC[C@H](NCc2cc(Br)cs2)C1. The Kier molecular flexibility index (Phi) is 4.23. The lowest BCUT2D eigenvalue weighted by atomic mass is 9.87. The number of halogens is 1. The molecule has 0 aromatic carbocycles. The van der Waals surface area contributed by atoms with Gasteiger partial charge in [-0.05, 0) is 40.8 Å². The first-order chi connectivity index (χ1) is 7.24. The summed E-state index contributed by atoms with van der Waals surface area (Å²) >= 11 is 5.32. The normalized spacial score (nSPS) is 26.8. The highest BCUT2D eigenvalue weighted by atomic mass is 79.9. The van der Waals surface area contributed by atoms with E-state index < -0.39 is 0 Å². The second kappa shape index (κ2) is 5.46. The molecule has 1 aromatic heterocycles. The van der Waals surface area contributed by atoms with Crippen molar-refractivity contribution in [3.05, 3.63) is 20.8 Å². The molecule has 1 saturated carbocycles. The minimum Gasteiger partial charge on any atom is -0.309 e. The molecule has 2 atom stereocenters. The van der Waals surface area contributed by atoms with Gasteiger partial charge in [0.1, 0.15) is 0 Å². The second-order valence-corrected chi connectivity index (χ2v) is 6.49. The van der Waals surface area contributed by atoms with Gasteiger partial charge < -0.3 is 5.32 Å². The Bertz CT molecular complexity index is 310. The van der Waals surface area contributed by atoms with Gasteiger partial charge >= 0.3 is 0 Å². The number of rotatable bonds is 3. The van der Waals surface area contributed by atoms with Crippen LogP contribution < -0.4 is 5.32 Å². The molecule has 1 heterocycles. The molecular weight excluding hydrogens is 270 g/mol. The summed E-state index contributed by atoms with van der Waals surface area (Å²) < 4.78 is 1.21. The van der Waals surface area contributed by atoms with Crippen molar-refractivity contribution in [3.8, 4) is 0 Å². The summed E-state index contributed by atoms with van der Waals surface area (Å²) in [5.41, 5.74) is 0.